The van der Waals surface area contributed by atoms with Crippen molar-refractivity contribution in [3.63, 3.8) is 0 Å². The van der Waals surface area contributed by atoms with E-state index < -0.39 is 25.3 Å². The Labute approximate surface area is 293 Å². The minimum absolute atomic E-state index is 0.127. The molecule has 0 spiro atoms. The lowest BCUT2D eigenvalue weighted by Gasteiger charge is -2.37. The molecule has 4 rings (SSSR count). The number of nitrogens with zero attached hydrogens (tertiary/aromatic N) is 4. The number of nitrogens with one attached hydrogen (secondary N) is 1. The normalized spacial score (nSPS) is 16.1. The molecule has 11 heteroatoms. The summed E-state index contributed by atoms with van der Waals surface area (Å²) in [5, 5.41) is 12.3. The van der Waals surface area contributed by atoms with Crippen LogP contribution in [-0.4, -0.2) is 71.1 Å². The molecule has 10 nitrogen and oxygen atoms in total. The molecule has 0 unspecified atom stereocenters. The van der Waals surface area contributed by atoms with Crippen molar-refractivity contribution in [1.82, 2.24) is 19.8 Å². The Hall–Kier alpha value is -3.75. The number of hydrogen-bond acceptors (Lipinski definition) is 7. The van der Waals surface area contributed by atoms with E-state index in [0.717, 1.165) is 55.7 Å². The second-order valence-corrected chi connectivity index (χ2v) is 21.8. The number of ketones is 1. The number of rotatable bonds is 12. The number of likely N-dealkylation sites (tertiary alicyclic amines) is 1. The van der Waals surface area contributed by atoms with Gasteiger partial charge < -0.3 is 24.3 Å². The molecule has 2 aliphatic rings. The van der Waals surface area contributed by atoms with E-state index in [9.17, 15) is 19.6 Å². The lowest BCUT2D eigenvalue weighted by molar-refractivity contribution is -0.138. The minimum Gasteiger partial charge on any atom is -0.444 e. The van der Waals surface area contributed by atoms with Gasteiger partial charge in [-0.2, -0.15) is 5.26 Å². The number of piperidine rings is 1. The van der Waals surface area contributed by atoms with Crippen LogP contribution in [0, 0.1) is 11.3 Å². The second-order valence-electron chi connectivity index (χ2n) is 16.2. The number of nitriles is 1. The molecule has 2 heterocycles. The molecule has 49 heavy (non-hydrogen) atoms. The summed E-state index contributed by atoms with van der Waals surface area (Å²) < 4.78 is 13.0. The fraction of sp³-hybridized carbons (Fsp3) is 0.605. The number of hydrogen-bond donors (Lipinski definition) is 1. The summed E-state index contributed by atoms with van der Waals surface area (Å²) in [6.45, 7) is 17.7. The van der Waals surface area contributed by atoms with Crippen LogP contribution in [0.2, 0.25) is 25.7 Å². The maximum Gasteiger partial charge on any atom is 0.408 e. The van der Waals surface area contributed by atoms with Crippen LogP contribution in [0.25, 0.3) is 5.57 Å². The van der Waals surface area contributed by atoms with Gasteiger partial charge in [0.2, 0.25) is 11.7 Å². The van der Waals surface area contributed by atoms with Crippen LogP contribution in [0.4, 0.5) is 4.79 Å². The molecule has 1 aliphatic heterocycles. The third-order valence-corrected chi connectivity index (χ3v) is 10.8. The highest BCUT2D eigenvalue weighted by atomic mass is 28.3. The Bertz CT molecular complexity index is 1580. The Kier molecular flexibility index (Phi) is 12.3. The molecule has 1 aliphatic carbocycles. The molecule has 0 saturated carbocycles. The van der Waals surface area contributed by atoms with Crippen molar-refractivity contribution in [3.8, 4) is 6.07 Å². The van der Waals surface area contributed by atoms with Gasteiger partial charge in [0.25, 0.3) is 0 Å². The molecule has 0 radical (unpaired) electrons. The molecule has 2 amide bonds. The number of allylic oxidation sites excluding steroid dienone is 2. The summed E-state index contributed by atoms with van der Waals surface area (Å²) >= 11 is 0. The van der Waals surface area contributed by atoms with Crippen molar-refractivity contribution >= 4 is 31.4 Å². The third kappa shape index (κ3) is 10.9. The molecular weight excluding hydrogens is 635 g/mol. The van der Waals surface area contributed by atoms with Crippen molar-refractivity contribution in [2.75, 3.05) is 19.7 Å². The molecule has 0 atom stereocenters. The first kappa shape index (κ1) is 38.1. The summed E-state index contributed by atoms with van der Waals surface area (Å²) in [7, 11) is -1.26. The Morgan fingerprint density at radius 3 is 2.41 bits per heavy atom. The standard InChI is InChI=1S/C38H55N5O5Si/c1-37(2,3)48-36(46)41-38(4,5)35(45)42-18-16-27(17-19-42)29-14-15-30(32(22-29)28-12-10-9-11-13-28)23-33(44)34-40-31(24-39)25-43(34)26-47-20-21-49(6,7)8/h12,14-15,22,25,27H,9-11,13,16-21,23,26H2,1-8H3,(H,41,46). The van der Waals surface area contributed by atoms with E-state index in [4.69, 9.17) is 9.47 Å². The SMILES string of the molecule is CC(C)(C)OC(=O)NC(C)(C)C(=O)N1CCC(c2ccc(CC(=O)c3nc(C#N)cn3COCC[Si](C)(C)C)c(C3=CCCCC3)c2)CC1. The number of alkyl carbamates (subject to hydrolysis) is 1. The van der Waals surface area contributed by atoms with Gasteiger partial charge in [0, 0.05) is 40.4 Å². The quantitative estimate of drug-likeness (QED) is 0.139. The lowest BCUT2D eigenvalue weighted by Crippen LogP contribution is -2.57. The van der Waals surface area contributed by atoms with Gasteiger partial charge in [-0.05, 0) is 107 Å². The van der Waals surface area contributed by atoms with Crippen LogP contribution < -0.4 is 5.32 Å². The van der Waals surface area contributed by atoms with Gasteiger partial charge in [-0.15, -0.1) is 0 Å². The molecule has 0 bridgehead atoms. The smallest absolute Gasteiger partial charge is 0.408 e. The van der Waals surface area contributed by atoms with E-state index in [-0.39, 0.29) is 42.3 Å². The van der Waals surface area contributed by atoms with Gasteiger partial charge in [-0.3, -0.25) is 9.59 Å². The monoisotopic (exact) mass is 689 g/mol. The van der Waals surface area contributed by atoms with Crippen LogP contribution in [0.5, 0.6) is 0 Å². The molecule has 1 fully saturated rings. The average molecular weight is 690 g/mol. The summed E-state index contributed by atoms with van der Waals surface area (Å²) in [5.41, 5.74) is 3.01. The maximum absolute atomic E-state index is 13.8. The van der Waals surface area contributed by atoms with E-state index in [1.54, 1.807) is 45.4 Å². The third-order valence-electron chi connectivity index (χ3n) is 9.09. The van der Waals surface area contributed by atoms with Crippen molar-refractivity contribution in [3.05, 3.63) is 58.7 Å². The predicted octanol–water partition coefficient (Wildman–Crippen LogP) is 7.46. The molecule has 266 valence electrons. The molecule has 2 aromatic rings. The number of benzene rings is 1. The van der Waals surface area contributed by atoms with Gasteiger partial charge in [-0.1, -0.05) is 43.9 Å². The highest BCUT2D eigenvalue weighted by Gasteiger charge is 2.37. The summed E-state index contributed by atoms with van der Waals surface area (Å²) in [6, 6.07) is 9.54. The highest BCUT2D eigenvalue weighted by molar-refractivity contribution is 6.76. The number of imidazole rings is 1. The number of Topliss-reactive ketones (excluding diaryl/α,β-unsaturated/α-hetero) is 1. The number of amides is 2. The highest BCUT2D eigenvalue weighted by Crippen LogP contribution is 2.35. The molecule has 1 saturated heterocycles. The zero-order chi connectivity index (χ0) is 36.0. The van der Waals surface area contributed by atoms with E-state index in [1.807, 2.05) is 4.90 Å². The first-order valence-electron chi connectivity index (χ1n) is 17.7. The van der Waals surface area contributed by atoms with Crippen LogP contribution in [0.3, 0.4) is 0 Å². The second kappa shape index (κ2) is 15.9. The van der Waals surface area contributed by atoms with Crippen molar-refractivity contribution in [1.29, 1.82) is 5.26 Å². The number of aromatic nitrogens is 2. The molecule has 1 N–H and O–H groups in total. The molecule has 1 aromatic carbocycles. The van der Waals surface area contributed by atoms with Gasteiger partial charge in [0.1, 0.15) is 23.9 Å². The van der Waals surface area contributed by atoms with Crippen LogP contribution >= 0.6 is 0 Å². The average Bonchev–Trinajstić information content (AvgIpc) is 3.45. The lowest BCUT2D eigenvalue weighted by atomic mass is 9.83. The van der Waals surface area contributed by atoms with Gasteiger partial charge >= 0.3 is 6.09 Å². The van der Waals surface area contributed by atoms with Crippen LogP contribution in [0.1, 0.15) is 112 Å². The zero-order valence-corrected chi connectivity index (χ0v) is 31.8. The van der Waals surface area contributed by atoms with Gasteiger partial charge in [0.05, 0.1) is 0 Å². The minimum atomic E-state index is -1.26. The van der Waals surface area contributed by atoms with Gasteiger partial charge in [-0.25, -0.2) is 9.78 Å². The van der Waals surface area contributed by atoms with Crippen molar-refractivity contribution in [2.45, 2.75) is 129 Å². The van der Waals surface area contributed by atoms with E-state index in [0.29, 0.717) is 19.7 Å². The van der Waals surface area contributed by atoms with E-state index in [2.05, 4.69) is 60.3 Å². The van der Waals surface area contributed by atoms with Crippen LogP contribution in [-0.2, 0) is 27.4 Å². The van der Waals surface area contributed by atoms with Crippen LogP contribution in [0.15, 0.2) is 30.5 Å². The number of ether oxygens (including phenoxy) is 2. The first-order valence-corrected chi connectivity index (χ1v) is 21.4. The Balaban J connectivity index is 1.47. The topological polar surface area (TPSA) is 127 Å². The summed E-state index contributed by atoms with van der Waals surface area (Å²) in [4.78, 5) is 45.8. The fourth-order valence-electron chi connectivity index (χ4n) is 6.39. The van der Waals surface area contributed by atoms with Gasteiger partial charge in [0.15, 0.2) is 11.5 Å². The van der Waals surface area contributed by atoms with E-state index >= 15 is 0 Å². The maximum atomic E-state index is 13.8. The molecule has 1 aromatic heterocycles. The fourth-order valence-corrected chi connectivity index (χ4v) is 7.15. The largest absolute Gasteiger partial charge is 0.444 e. The molecular formula is C38H55N5O5Si. The predicted molar refractivity (Wildman–Crippen MR) is 194 cm³/mol. The summed E-state index contributed by atoms with van der Waals surface area (Å²) in [6.07, 6.45) is 9.34. The zero-order valence-electron chi connectivity index (χ0n) is 30.8. The van der Waals surface area contributed by atoms with Crippen molar-refractivity contribution < 1.29 is 23.9 Å². The Morgan fingerprint density at radius 1 is 1.08 bits per heavy atom. The Morgan fingerprint density at radius 2 is 1.80 bits per heavy atom. The number of carbonyl (C=O) groups is 3. The van der Waals surface area contributed by atoms with E-state index in [1.165, 1.54) is 11.1 Å². The first-order chi connectivity index (χ1) is 23.0. The summed E-state index contributed by atoms with van der Waals surface area (Å²) in [5.74, 6) is 0.246. The van der Waals surface area contributed by atoms with Crippen molar-refractivity contribution in [2.24, 2.45) is 0 Å². The number of carbonyl (C=O) groups excluding carboxylic acids is 3.